The van der Waals surface area contributed by atoms with Crippen LogP contribution in [0.5, 0.6) is 0 Å². The topological polar surface area (TPSA) is 12.5 Å². The van der Waals surface area contributed by atoms with Crippen LogP contribution in [0.4, 0.5) is 5.69 Å². The minimum Gasteiger partial charge on any atom is -0.377 e. The normalized spacial score (nSPS) is 22.4. The lowest BCUT2D eigenvalue weighted by molar-refractivity contribution is 0.115. The van der Waals surface area contributed by atoms with Gasteiger partial charge in [-0.15, -0.1) is 11.8 Å². The van der Waals surface area contributed by atoms with Gasteiger partial charge >= 0.3 is 0 Å². The zero-order valence-corrected chi connectivity index (χ0v) is 9.17. The first-order chi connectivity index (χ1) is 6.92. The van der Waals surface area contributed by atoms with Crippen molar-refractivity contribution in [1.29, 1.82) is 0 Å². The first-order valence-corrected chi connectivity index (χ1v) is 6.13. The Kier molecular flexibility index (Phi) is 3.32. The maximum Gasteiger partial charge on any atom is 0.0982 e. The molecule has 14 heavy (non-hydrogen) atoms. The molecule has 0 amide bonds. The van der Waals surface area contributed by atoms with E-state index in [0.29, 0.717) is 5.37 Å². The van der Waals surface area contributed by atoms with Crippen LogP contribution in [0.25, 0.3) is 0 Å². The fourth-order valence-corrected chi connectivity index (χ4v) is 2.41. The number of rotatable bonds is 2. The molecule has 1 aromatic rings. The SMILES string of the molecule is CSC1COCCN1c1ccccc1. The summed E-state index contributed by atoms with van der Waals surface area (Å²) < 4.78 is 5.46. The van der Waals surface area contributed by atoms with E-state index in [1.54, 1.807) is 0 Å². The molecule has 0 saturated carbocycles. The van der Waals surface area contributed by atoms with Crippen molar-refractivity contribution in [3.05, 3.63) is 30.3 Å². The van der Waals surface area contributed by atoms with E-state index in [0.717, 1.165) is 19.8 Å². The van der Waals surface area contributed by atoms with Crippen molar-refractivity contribution in [1.82, 2.24) is 0 Å². The molecule has 2 rings (SSSR count). The summed E-state index contributed by atoms with van der Waals surface area (Å²) in [7, 11) is 0. The highest BCUT2D eigenvalue weighted by Gasteiger charge is 2.21. The molecule has 76 valence electrons. The summed E-state index contributed by atoms with van der Waals surface area (Å²) in [6, 6.07) is 10.5. The second kappa shape index (κ2) is 4.71. The van der Waals surface area contributed by atoms with Crippen molar-refractivity contribution in [2.24, 2.45) is 0 Å². The molecular weight excluding hydrogens is 194 g/mol. The van der Waals surface area contributed by atoms with Crippen molar-refractivity contribution in [3.63, 3.8) is 0 Å². The minimum absolute atomic E-state index is 0.464. The predicted octanol–water partition coefficient (Wildman–Crippen LogP) is 2.21. The fourth-order valence-electron chi connectivity index (χ4n) is 1.69. The van der Waals surface area contributed by atoms with Gasteiger partial charge in [0.15, 0.2) is 0 Å². The maximum absolute atomic E-state index is 5.46. The van der Waals surface area contributed by atoms with Crippen LogP contribution in [-0.2, 0) is 4.74 Å². The van der Waals surface area contributed by atoms with E-state index in [1.165, 1.54) is 5.69 Å². The van der Waals surface area contributed by atoms with E-state index in [2.05, 4.69) is 41.5 Å². The van der Waals surface area contributed by atoms with Crippen LogP contribution < -0.4 is 4.90 Å². The predicted molar refractivity (Wildman–Crippen MR) is 61.9 cm³/mol. The van der Waals surface area contributed by atoms with Crippen molar-refractivity contribution in [2.45, 2.75) is 5.37 Å². The van der Waals surface area contributed by atoms with Gasteiger partial charge in [0, 0.05) is 12.2 Å². The molecule has 1 saturated heterocycles. The van der Waals surface area contributed by atoms with E-state index < -0.39 is 0 Å². The molecular formula is C11H15NOS. The molecule has 1 unspecified atom stereocenters. The largest absolute Gasteiger partial charge is 0.377 e. The third-order valence-electron chi connectivity index (χ3n) is 2.44. The molecule has 3 heteroatoms. The summed E-state index contributed by atoms with van der Waals surface area (Å²) in [6.07, 6.45) is 2.13. The number of benzene rings is 1. The Morgan fingerprint density at radius 2 is 2.14 bits per heavy atom. The highest BCUT2D eigenvalue weighted by molar-refractivity contribution is 7.99. The van der Waals surface area contributed by atoms with Gasteiger partial charge in [0.1, 0.15) is 0 Å². The van der Waals surface area contributed by atoms with Crippen LogP contribution in [0, 0.1) is 0 Å². The van der Waals surface area contributed by atoms with Gasteiger partial charge in [-0.3, -0.25) is 0 Å². The maximum atomic E-state index is 5.46. The lowest BCUT2D eigenvalue weighted by Gasteiger charge is -2.36. The molecule has 2 nitrogen and oxygen atoms in total. The average molecular weight is 209 g/mol. The first kappa shape index (κ1) is 9.87. The molecule has 1 heterocycles. The second-order valence-electron chi connectivity index (χ2n) is 3.29. The summed E-state index contributed by atoms with van der Waals surface area (Å²) in [6.45, 7) is 2.66. The van der Waals surface area contributed by atoms with Gasteiger partial charge < -0.3 is 9.64 Å². The highest BCUT2D eigenvalue weighted by Crippen LogP contribution is 2.24. The third kappa shape index (κ3) is 2.04. The van der Waals surface area contributed by atoms with Crippen molar-refractivity contribution in [3.8, 4) is 0 Å². The smallest absolute Gasteiger partial charge is 0.0982 e. The molecule has 0 N–H and O–H groups in total. The molecule has 1 aliphatic rings. The number of morpholine rings is 1. The van der Waals surface area contributed by atoms with E-state index in [4.69, 9.17) is 4.74 Å². The number of thioether (sulfide) groups is 1. The number of hydrogen-bond acceptors (Lipinski definition) is 3. The fraction of sp³-hybridized carbons (Fsp3) is 0.455. The van der Waals surface area contributed by atoms with Crippen LogP contribution in [0.3, 0.4) is 0 Å². The Balaban J connectivity index is 2.15. The lowest BCUT2D eigenvalue weighted by atomic mass is 10.2. The Hall–Kier alpha value is -0.670. The second-order valence-corrected chi connectivity index (χ2v) is 4.31. The van der Waals surface area contributed by atoms with E-state index in [1.807, 2.05) is 11.8 Å². The van der Waals surface area contributed by atoms with Crippen LogP contribution in [0.2, 0.25) is 0 Å². The van der Waals surface area contributed by atoms with Gasteiger partial charge in [0.25, 0.3) is 0 Å². The van der Waals surface area contributed by atoms with Crippen LogP contribution in [-0.4, -0.2) is 31.4 Å². The van der Waals surface area contributed by atoms with Crippen molar-refractivity contribution >= 4 is 17.4 Å². The summed E-state index contributed by atoms with van der Waals surface area (Å²) in [5.41, 5.74) is 1.30. The Morgan fingerprint density at radius 1 is 1.36 bits per heavy atom. The van der Waals surface area contributed by atoms with Crippen molar-refractivity contribution < 1.29 is 4.74 Å². The molecule has 0 bridgehead atoms. The summed E-state index contributed by atoms with van der Waals surface area (Å²) in [5, 5.41) is 0.464. The molecule has 1 fully saturated rings. The highest BCUT2D eigenvalue weighted by atomic mass is 32.2. The molecule has 0 aromatic heterocycles. The summed E-state index contributed by atoms with van der Waals surface area (Å²) in [4.78, 5) is 2.41. The van der Waals surface area contributed by atoms with Gasteiger partial charge in [0.2, 0.25) is 0 Å². The third-order valence-corrected chi connectivity index (χ3v) is 3.38. The van der Waals surface area contributed by atoms with Crippen LogP contribution in [0.15, 0.2) is 30.3 Å². The van der Waals surface area contributed by atoms with Gasteiger partial charge in [-0.25, -0.2) is 0 Å². The average Bonchev–Trinajstić information content (AvgIpc) is 2.30. The van der Waals surface area contributed by atoms with Gasteiger partial charge in [-0.2, -0.15) is 0 Å². The first-order valence-electron chi connectivity index (χ1n) is 4.84. The Bertz CT molecular complexity index is 278. The number of para-hydroxylation sites is 1. The molecule has 1 atom stereocenters. The van der Waals surface area contributed by atoms with Gasteiger partial charge in [-0.05, 0) is 18.4 Å². The lowest BCUT2D eigenvalue weighted by Crippen LogP contribution is -2.43. The molecule has 0 radical (unpaired) electrons. The minimum atomic E-state index is 0.464. The van der Waals surface area contributed by atoms with Gasteiger partial charge in [0.05, 0.1) is 18.6 Å². The van der Waals surface area contributed by atoms with E-state index >= 15 is 0 Å². The summed E-state index contributed by atoms with van der Waals surface area (Å²) in [5.74, 6) is 0. The van der Waals surface area contributed by atoms with Crippen molar-refractivity contribution in [2.75, 3.05) is 30.9 Å². The number of hydrogen-bond donors (Lipinski definition) is 0. The number of ether oxygens (including phenoxy) is 1. The number of anilines is 1. The van der Waals surface area contributed by atoms with Crippen LogP contribution in [0.1, 0.15) is 0 Å². The van der Waals surface area contributed by atoms with E-state index in [9.17, 15) is 0 Å². The van der Waals surface area contributed by atoms with Gasteiger partial charge in [-0.1, -0.05) is 18.2 Å². The standard InChI is InChI=1S/C11H15NOS/c1-14-11-9-13-8-7-12(11)10-5-3-2-4-6-10/h2-6,11H,7-9H2,1H3. The monoisotopic (exact) mass is 209 g/mol. The molecule has 1 aliphatic heterocycles. The zero-order valence-electron chi connectivity index (χ0n) is 8.35. The molecule has 0 aliphatic carbocycles. The zero-order chi connectivity index (χ0) is 9.80. The Labute approximate surface area is 89.2 Å². The summed E-state index contributed by atoms with van der Waals surface area (Å²) >= 11 is 1.85. The Morgan fingerprint density at radius 3 is 2.86 bits per heavy atom. The molecule has 0 spiro atoms. The van der Waals surface area contributed by atoms with E-state index in [-0.39, 0.29) is 0 Å². The quantitative estimate of drug-likeness (QED) is 0.741. The number of nitrogens with zero attached hydrogens (tertiary/aromatic N) is 1. The molecule has 1 aromatic carbocycles. The van der Waals surface area contributed by atoms with Crippen LogP contribution >= 0.6 is 11.8 Å².